The van der Waals surface area contributed by atoms with Crippen molar-refractivity contribution in [2.45, 2.75) is 0 Å². The molecule has 1 amide bonds. The molecular formula is C18H16N4O3. The highest BCUT2D eigenvalue weighted by Crippen LogP contribution is 2.26. The van der Waals surface area contributed by atoms with Crippen molar-refractivity contribution in [1.29, 1.82) is 0 Å². The van der Waals surface area contributed by atoms with E-state index in [0.29, 0.717) is 22.5 Å². The Morgan fingerprint density at radius 2 is 1.92 bits per heavy atom. The fourth-order valence-corrected chi connectivity index (χ4v) is 2.38. The van der Waals surface area contributed by atoms with Gasteiger partial charge >= 0.3 is 0 Å². The van der Waals surface area contributed by atoms with Crippen LogP contribution in [0.1, 0.15) is 10.4 Å². The van der Waals surface area contributed by atoms with Crippen molar-refractivity contribution in [3.05, 3.63) is 70.6 Å². The molecule has 0 atom stereocenters. The molecule has 0 radical (unpaired) electrons. The lowest BCUT2D eigenvalue weighted by Crippen LogP contribution is -2.19. The molecule has 0 unspecified atom stereocenters. The summed E-state index contributed by atoms with van der Waals surface area (Å²) < 4.78 is 6.37. The number of anilines is 1. The molecule has 0 spiro atoms. The summed E-state index contributed by atoms with van der Waals surface area (Å²) in [6, 6.07) is 13.6. The highest BCUT2D eigenvalue weighted by Gasteiger charge is 2.15. The van der Waals surface area contributed by atoms with Gasteiger partial charge in [-0.1, -0.05) is 18.2 Å². The van der Waals surface area contributed by atoms with Crippen LogP contribution < -0.4 is 15.6 Å². The van der Waals surface area contributed by atoms with Gasteiger partial charge in [0.25, 0.3) is 11.5 Å². The van der Waals surface area contributed by atoms with E-state index in [4.69, 9.17) is 4.74 Å². The second-order valence-electron chi connectivity index (χ2n) is 5.24. The normalized spacial score (nSPS) is 10.3. The SMILES string of the molecule is COc1ncccc1C(=O)Nc1ccccc1-c1ccc(=O)n(C)n1. The molecular weight excluding hydrogens is 320 g/mol. The number of benzene rings is 1. The van der Waals surface area contributed by atoms with Crippen LogP contribution in [0.15, 0.2) is 59.5 Å². The lowest BCUT2D eigenvalue weighted by atomic mass is 10.1. The van der Waals surface area contributed by atoms with E-state index < -0.39 is 0 Å². The molecule has 0 saturated heterocycles. The Morgan fingerprint density at radius 3 is 2.68 bits per heavy atom. The van der Waals surface area contributed by atoms with E-state index in [1.807, 2.05) is 18.2 Å². The third-order valence-electron chi connectivity index (χ3n) is 3.62. The van der Waals surface area contributed by atoms with Crippen LogP contribution in [0.2, 0.25) is 0 Å². The number of carbonyl (C=O) groups is 1. The molecule has 0 saturated carbocycles. The molecule has 0 aliphatic carbocycles. The number of hydrogen-bond donors (Lipinski definition) is 1. The maximum absolute atomic E-state index is 12.6. The maximum Gasteiger partial charge on any atom is 0.266 e. The summed E-state index contributed by atoms with van der Waals surface area (Å²) in [5.41, 5.74) is 1.98. The third-order valence-corrected chi connectivity index (χ3v) is 3.62. The molecule has 7 nitrogen and oxygen atoms in total. The largest absolute Gasteiger partial charge is 0.480 e. The number of aryl methyl sites for hydroxylation is 1. The first-order valence-corrected chi connectivity index (χ1v) is 7.54. The molecule has 0 aliphatic rings. The summed E-state index contributed by atoms with van der Waals surface area (Å²) in [7, 11) is 3.04. The minimum Gasteiger partial charge on any atom is -0.480 e. The predicted octanol–water partition coefficient (Wildman–Crippen LogP) is 2.10. The van der Waals surface area contributed by atoms with Crippen molar-refractivity contribution in [2.24, 2.45) is 7.05 Å². The Balaban J connectivity index is 1.97. The molecule has 3 aromatic rings. The molecule has 2 aromatic heterocycles. The second-order valence-corrected chi connectivity index (χ2v) is 5.24. The zero-order valence-electron chi connectivity index (χ0n) is 13.8. The highest BCUT2D eigenvalue weighted by atomic mass is 16.5. The predicted molar refractivity (Wildman–Crippen MR) is 93.7 cm³/mol. The van der Waals surface area contributed by atoms with Crippen molar-refractivity contribution in [1.82, 2.24) is 14.8 Å². The average molecular weight is 336 g/mol. The van der Waals surface area contributed by atoms with Crippen molar-refractivity contribution >= 4 is 11.6 Å². The minimum absolute atomic E-state index is 0.203. The van der Waals surface area contributed by atoms with Crippen LogP contribution in [0.4, 0.5) is 5.69 Å². The molecule has 3 rings (SSSR count). The number of rotatable bonds is 4. The molecule has 0 bridgehead atoms. The fourth-order valence-electron chi connectivity index (χ4n) is 2.38. The van der Waals surface area contributed by atoms with Crippen molar-refractivity contribution in [3.63, 3.8) is 0 Å². The van der Waals surface area contributed by atoms with E-state index in [1.54, 1.807) is 37.5 Å². The number of para-hydroxylation sites is 1. The number of hydrogen-bond acceptors (Lipinski definition) is 5. The number of ether oxygens (including phenoxy) is 1. The zero-order chi connectivity index (χ0) is 17.8. The van der Waals surface area contributed by atoms with Gasteiger partial charge in [0.15, 0.2) is 0 Å². The monoisotopic (exact) mass is 336 g/mol. The Kier molecular flexibility index (Phi) is 4.56. The quantitative estimate of drug-likeness (QED) is 0.788. The summed E-state index contributed by atoms with van der Waals surface area (Å²) in [6.45, 7) is 0. The van der Waals surface area contributed by atoms with Gasteiger partial charge in [-0.3, -0.25) is 9.59 Å². The van der Waals surface area contributed by atoms with Gasteiger partial charge in [-0.25, -0.2) is 9.67 Å². The molecule has 1 aromatic carbocycles. The fraction of sp³-hybridized carbons (Fsp3) is 0.111. The number of nitrogens with zero attached hydrogens (tertiary/aromatic N) is 3. The van der Waals surface area contributed by atoms with E-state index in [9.17, 15) is 9.59 Å². The van der Waals surface area contributed by atoms with E-state index in [-0.39, 0.29) is 17.3 Å². The summed E-state index contributed by atoms with van der Waals surface area (Å²) in [4.78, 5) is 28.2. The van der Waals surface area contributed by atoms with Crippen molar-refractivity contribution < 1.29 is 9.53 Å². The lowest BCUT2D eigenvalue weighted by molar-refractivity contribution is 0.102. The van der Waals surface area contributed by atoms with Crippen molar-refractivity contribution in [2.75, 3.05) is 12.4 Å². The number of pyridine rings is 1. The van der Waals surface area contributed by atoms with Crippen LogP contribution in [0.3, 0.4) is 0 Å². The Labute approximate surface area is 143 Å². The van der Waals surface area contributed by atoms with E-state index >= 15 is 0 Å². The number of nitrogens with one attached hydrogen (secondary N) is 1. The van der Waals surface area contributed by atoms with Crippen LogP contribution >= 0.6 is 0 Å². The van der Waals surface area contributed by atoms with Gasteiger partial charge in [-0.15, -0.1) is 0 Å². The number of amides is 1. The van der Waals surface area contributed by atoms with Gasteiger partial charge in [0.2, 0.25) is 5.88 Å². The molecule has 1 N–H and O–H groups in total. The van der Waals surface area contributed by atoms with Gasteiger partial charge in [-0.2, -0.15) is 5.10 Å². The van der Waals surface area contributed by atoms with Crippen LogP contribution in [0.5, 0.6) is 5.88 Å². The summed E-state index contributed by atoms with van der Waals surface area (Å²) in [5.74, 6) is -0.0973. The van der Waals surface area contributed by atoms with Crippen molar-refractivity contribution in [3.8, 4) is 17.1 Å². The van der Waals surface area contributed by atoms with Gasteiger partial charge in [0.05, 0.1) is 18.5 Å². The standard InChI is InChI=1S/C18H16N4O3/c1-22-16(23)10-9-15(21-22)12-6-3-4-8-14(12)20-17(24)13-7-5-11-19-18(13)25-2/h3-11H,1-2H3,(H,20,24). The molecule has 0 fully saturated rings. The van der Waals surface area contributed by atoms with Crippen LogP contribution in [0, 0.1) is 0 Å². The first kappa shape index (κ1) is 16.4. The highest BCUT2D eigenvalue weighted by molar-refractivity contribution is 6.07. The van der Waals surface area contributed by atoms with Crippen LogP contribution in [0.25, 0.3) is 11.3 Å². The van der Waals surface area contributed by atoms with Gasteiger partial charge < -0.3 is 10.1 Å². The Morgan fingerprint density at radius 1 is 1.12 bits per heavy atom. The summed E-state index contributed by atoms with van der Waals surface area (Å²) in [5, 5.41) is 7.08. The topological polar surface area (TPSA) is 86.1 Å². The van der Waals surface area contributed by atoms with E-state index in [1.165, 1.54) is 17.9 Å². The molecule has 7 heteroatoms. The lowest BCUT2D eigenvalue weighted by Gasteiger charge is -2.12. The van der Waals surface area contributed by atoms with Gasteiger partial charge in [0, 0.05) is 24.9 Å². The van der Waals surface area contributed by atoms with Gasteiger partial charge in [0.1, 0.15) is 5.56 Å². The first-order chi connectivity index (χ1) is 12.1. The van der Waals surface area contributed by atoms with Crippen LogP contribution in [-0.4, -0.2) is 27.8 Å². The van der Waals surface area contributed by atoms with Gasteiger partial charge in [-0.05, 0) is 24.3 Å². The Bertz CT molecular complexity index is 982. The zero-order valence-corrected chi connectivity index (χ0v) is 13.8. The summed E-state index contributed by atoms with van der Waals surface area (Å²) >= 11 is 0. The molecule has 25 heavy (non-hydrogen) atoms. The number of aromatic nitrogens is 3. The maximum atomic E-state index is 12.6. The van der Waals surface area contributed by atoms with Crippen LogP contribution in [-0.2, 0) is 7.05 Å². The smallest absolute Gasteiger partial charge is 0.266 e. The minimum atomic E-state index is -0.345. The molecule has 0 aliphatic heterocycles. The van der Waals surface area contributed by atoms with E-state index in [0.717, 1.165) is 0 Å². The molecule has 2 heterocycles. The first-order valence-electron chi connectivity index (χ1n) is 7.54. The molecule has 126 valence electrons. The number of methoxy groups -OCH3 is 1. The number of carbonyl (C=O) groups excluding carboxylic acids is 1. The van der Waals surface area contributed by atoms with E-state index in [2.05, 4.69) is 15.4 Å². The third kappa shape index (κ3) is 3.40. The average Bonchev–Trinajstić information content (AvgIpc) is 2.64. The second kappa shape index (κ2) is 6.96. The Hall–Kier alpha value is -3.48. The summed E-state index contributed by atoms with van der Waals surface area (Å²) in [6.07, 6.45) is 1.55.